The lowest BCUT2D eigenvalue weighted by Crippen LogP contribution is -1.91. The minimum atomic E-state index is 0.350. The van der Waals surface area contributed by atoms with Gasteiger partial charge in [-0.3, -0.25) is 9.97 Å². The number of hydrogen-bond acceptors (Lipinski definition) is 4. The largest absolute Gasteiger partial charge is 0.507 e. The summed E-state index contributed by atoms with van der Waals surface area (Å²) in [6, 6.07) is 34.8. The Bertz CT molecular complexity index is 1380. The molecule has 0 aliphatic carbocycles. The van der Waals surface area contributed by atoms with E-state index in [2.05, 4.69) is 34.2 Å². The number of nitrogens with zero attached hydrogens (tertiary/aromatic N) is 2. The van der Waals surface area contributed by atoms with Gasteiger partial charge in [-0.25, -0.2) is 0 Å². The number of fused-ring (bicyclic) bond motifs is 2. The molecule has 36 heavy (non-hydrogen) atoms. The highest BCUT2D eigenvalue weighted by Crippen LogP contribution is 2.23. The quantitative estimate of drug-likeness (QED) is 0.282. The van der Waals surface area contributed by atoms with Crippen molar-refractivity contribution in [2.45, 2.75) is 12.8 Å². The van der Waals surface area contributed by atoms with Crippen molar-refractivity contribution < 1.29 is 10.2 Å². The van der Waals surface area contributed by atoms with E-state index in [1.165, 1.54) is 11.1 Å². The van der Waals surface area contributed by atoms with Crippen LogP contribution in [-0.4, -0.2) is 20.2 Å². The number of rotatable bonds is 3. The summed E-state index contributed by atoms with van der Waals surface area (Å²) >= 11 is 0. The Hall–Kier alpha value is -4.70. The average Bonchev–Trinajstić information content (AvgIpc) is 2.94. The standard InChI is InChI=1S/C12H12N2.2C10H8O/c1(11-3-7-13-8-4-11)2-12-5-9-14-10-6-12;2*11-10-7-3-5-8-4-1-2-6-9(8)10/h3-10H,1-2H2;2*1-7,11H. The highest BCUT2D eigenvalue weighted by atomic mass is 16.3. The van der Waals surface area contributed by atoms with Crippen molar-refractivity contribution in [3.63, 3.8) is 0 Å². The van der Waals surface area contributed by atoms with Crippen LogP contribution in [0.3, 0.4) is 0 Å². The number of aromatic nitrogens is 2. The molecular formula is C32H28N2O2. The van der Waals surface area contributed by atoms with Crippen molar-refractivity contribution in [2.24, 2.45) is 0 Å². The molecule has 0 fully saturated rings. The van der Waals surface area contributed by atoms with E-state index in [0.29, 0.717) is 11.5 Å². The third-order valence-electron chi connectivity index (χ3n) is 5.73. The van der Waals surface area contributed by atoms with Crippen molar-refractivity contribution in [1.29, 1.82) is 0 Å². The fourth-order valence-electron chi connectivity index (χ4n) is 3.80. The van der Waals surface area contributed by atoms with Gasteiger partial charge in [0, 0.05) is 35.6 Å². The van der Waals surface area contributed by atoms with E-state index < -0.39 is 0 Å². The Labute approximate surface area is 211 Å². The maximum atomic E-state index is 9.37. The van der Waals surface area contributed by atoms with Crippen LogP contribution in [0.25, 0.3) is 21.5 Å². The van der Waals surface area contributed by atoms with Gasteiger partial charge in [-0.2, -0.15) is 0 Å². The second-order valence-electron chi connectivity index (χ2n) is 8.21. The van der Waals surface area contributed by atoms with Crippen LogP contribution in [0.4, 0.5) is 0 Å². The summed E-state index contributed by atoms with van der Waals surface area (Å²) in [5.41, 5.74) is 2.66. The van der Waals surface area contributed by atoms with Crippen LogP contribution in [0, 0.1) is 0 Å². The Balaban J connectivity index is 0.000000128. The molecule has 2 heterocycles. The number of hydrogen-bond donors (Lipinski definition) is 2. The first-order valence-corrected chi connectivity index (χ1v) is 11.8. The maximum Gasteiger partial charge on any atom is 0.123 e. The second-order valence-corrected chi connectivity index (χ2v) is 8.21. The van der Waals surface area contributed by atoms with Crippen molar-refractivity contribution in [3.05, 3.63) is 145 Å². The molecule has 178 valence electrons. The van der Waals surface area contributed by atoms with Gasteiger partial charge in [0.1, 0.15) is 11.5 Å². The summed E-state index contributed by atoms with van der Waals surface area (Å²) in [6.45, 7) is 0. The second kappa shape index (κ2) is 12.7. The van der Waals surface area contributed by atoms with Crippen LogP contribution in [0.5, 0.6) is 11.5 Å². The summed E-state index contributed by atoms with van der Waals surface area (Å²) in [4.78, 5) is 7.98. The van der Waals surface area contributed by atoms with E-state index in [1.807, 2.05) is 97.6 Å². The first kappa shape index (κ1) is 24.4. The van der Waals surface area contributed by atoms with Gasteiger partial charge in [0.2, 0.25) is 0 Å². The zero-order chi connectivity index (χ0) is 25.0. The molecule has 0 spiro atoms. The number of phenolic OH excluding ortho intramolecular Hbond substituents is 2. The van der Waals surface area contributed by atoms with E-state index in [1.54, 1.807) is 12.1 Å². The number of aromatic hydroxyl groups is 2. The molecular weight excluding hydrogens is 444 g/mol. The first-order valence-electron chi connectivity index (χ1n) is 11.8. The van der Waals surface area contributed by atoms with Crippen molar-refractivity contribution >= 4 is 21.5 Å². The van der Waals surface area contributed by atoms with E-state index >= 15 is 0 Å². The van der Waals surface area contributed by atoms with E-state index in [9.17, 15) is 10.2 Å². The van der Waals surface area contributed by atoms with Crippen LogP contribution in [0.1, 0.15) is 11.1 Å². The predicted molar refractivity (Wildman–Crippen MR) is 147 cm³/mol. The molecule has 6 aromatic rings. The molecule has 0 saturated carbocycles. The van der Waals surface area contributed by atoms with Crippen LogP contribution >= 0.6 is 0 Å². The normalized spacial score (nSPS) is 10.1. The van der Waals surface area contributed by atoms with Gasteiger partial charge < -0.3 is 10.2 Å². The Kier molecular flexibility index (Phi) is 8.60. The highest BCUT2D eigenvalue weighted by Gasteiger charge is 1.96. The summed E-state index contributed by atoms with van der Waals surface area (Å²) in [7, 11) is 0. The Morgan fingerprint density at radius 1 is 0.417 bits per heavy atom. The first-order chi connectivity index (χ1) is 17.7. The molecule has 6 rings (SSSR count). The van der Waals surface area contributed by atoms with E-state index in [0.717, 1.165) is 34.4 Å². The average molecular weight is 473 g/mol. The van der Waals surface area contributed by atoms with Crippen molar-refractivity contribution in [2.75, 3.05) is 0 Å². The van der Waals surface area contributed by atoms with Gasteiger partial charge in [-0.05, 0) is 71.1 Å². The van der Waals surface area contributed by atoms with E-state index in [-0.39, 0.29) is 0 Å². The smallest absolute Gasteiger partial charge is 0.123 e. The molecule has 0 bridgehead atoms. The van der Waals surface area contributed by atoms with E-state index in [4.69, 9.17) is 0 Å². The van der Waals surface area contributed by atoms with Gasteiger partial charge in [-0.15, -0.1) is 0 Å². The van der Waals surface area contributed by atoms with Crippen LogP contribution < -0.4 is 0 Å². The van der Waals surface area contributed by atoms with Crippen LogP contribution in [-0.2, 0) is 12.8 Å². The summed E-state index contributed by atoms with van der Waals surface area (Å²) < 4.78 is 0. The van der Waals surface area contributed by atoms with Crippen LogP contribution in [0.2, 0.25) is 0 Å². The zero-order valence-electron chi connectivity index (χ0n) is 19.9. The predicted octanol–water partition coefficient (Wildman–Crippen LogP) is 7.35. The SMILES string of the molecule is Oc1cccc2ccccc12.Oc1cccc2ccccc12.c1cc(CCc2ccncc2)ccn1. The minimum absolute atomic E-state index is 0.350. The molecule has 4 aromatic carbocycles. The Morgan fingerprint density at radius 2 is 0.778 bits per heavy atom. The van der Waals surface area contributed by atoms with Crippen molar-refractivity contribution in [3.8, 4) is 11.5 Å². The Morgan fingerprint density at radius 3 is 1.17 bits per heavy atom. The maximum absolute atomic E-state index is 9.37. The van der Waals surface area contributed by atoms with Gasteiger partial charge in [0.05, 0.1) is 0 Å². The lowest BCUT2D eigenvalue weighted by atomic mass is 10.1. The number of aryl methyl sites for hydroxylation is 2. The van der Waals surface area contributed by atoms with Crippen LogP contribution in [0.15, 0.2) is 134 Å². The molecule has 0 amide bonds. The molecule has 0 saturated heterocycles. The molecule has 2 aromatic heterocycles. The lowest BCUT2D eigenvalue weighted by Gasteiger charge is -2.00. The van der Waals surface area contributed by atoms with Gasteiger partial charge in [0.25, 0.3) is 0 Å². The molecule has 0 unspecified atom stereocenters. The molecule has 4 heteroatoms. The topological polar surface area (TPSA) is 66.2 Å². The molecule has 0 aliphatic heterocycles. The summed E-state index contributed by atoms with van der Waals surface area (Å²) in [5, 5.41) is 22.7. The lowest BCUT2D eigenvalue weighted by molar-refractivity contribution is 0.481. The molecule has 2 N–H and O–H groups in total. The van der Waals surface area contributed by atoms with Gasteiger partial charge >= 0.3 is 0 Å². The summed E-state index contributed by atoms with van der Waals surface area (Å²) in [6.07, 6.45) is 9.46. The van der Waals surface area contributed by atoms with Gasteiger partial charge in [0.15, 0.2) is 0 Å². The number of benzene rings is 4. The molecule has 0 radical (unpaired) electrons. The molecule has 4 nitrogen and oxygen atoms in total. The molecule has 0 aliphatic rings. The number of phenols is 2. The zero-order valence-corrected chi connectivity index (χ0v) is 19.9. The van der Waals surface area contributed by atoms with Crippen molar-refractivity contribution in [1.82, 2.24) is 9.97 Å². The monoisotopic (exact) mass is 472 g/mol. The van der Waals surface area contributed by atoms with Gasteiger partial charge in [-0.1, -0.05) is 72.8 Å². The fraction of sp³-hybridized carbons (Fsp3) is 0.0625. The third kappa shape index (κ3) is 6.90. The fourth-order valence-corrected chi connectivity index (χ4v) is 3.80. The molecule has 0 atom stereocenters. The highest BCUT2D eigenvalue weighted by molar-refractivity contribution is 5.88. The third-order valence-corrected chi connectivity index (χ3v) is 5.73. The number of pyridine rings is 2. The summed E-state index contributed by atoms with van der Waals surface area (Å²) in [5.74, 6) is 0.700. The minimum Gasteiger partial charge on any atom is -0.507 e.